The third-order valence-electron chi connectivity index (χ3n) is 3.33. The van der Waals surface area contributed by atoms with E-state index < -0.39 is 27.9 Å². The molecule has 5 heteroatoms. The van der Waals surface area contributed by atoms with Crippen molar-refractivity contribution in [2.24, 2.45) is 0 Å². The Morgan fingerprint density at radius 1 is 0.952 bits per heavy atom. The molecule has 0 aliphatic rings. The quantitative estimate of drug-likeness (QED) is 0.858. The van der Waals surface area contributed by atoms with Crippen LogP contribution in [-0.4, -0.2) is 25.4 Å². The van der Waals surface area contributed by atoms with E-state index in [4.69, 9.17) is 5.11 Å². The first-order chi connectivity index (χ1) is 10.0. The summed E-state index contributed by atoms with van der Waals surface area (Å²) in [5.41, 5.74) is 1.72. The monoisotopic (exact) mass is 305 g/mol. The SMILES string of the molecule is CC(CO)S(=O)(=O)NC(c1ccccc1)c1ccccc1. The highest BCUT2D eigenvalue weighted by Crippen LogP contribution is 2.23. The zero-order chi connectivity index (χ0) is 15.3. The molecule has 1 unspecified atom stereocenters. The Labute approximate surface area is 125 Å². The van der Waals surface area contributed by atoms with Crippen LogP contribution in [0.5, 0.6) is 0 Å². The molecule has 112 valence electrons. The fourth-order valence-electron chi connectivity index (χ4n) is 2.00. The van der Waals surface area contributed by atoms with Crippen molar-refractivity contribution in [3.05, 3.63) is 71.8 Å². The van der Waals surface area contributed by atoms with E-state index in [-0.39, 0.29) is 0 Å². The summed E-state index contributed by atoms with van der Waals surface area (Å²) < 4.78 is 27.2. The second-order valence-electron chi connectivity index (χ2n) is 4.91. The minimum absolute atomic E-state index is 0.411. The van der Waals surface area contributed by atoms with Gasteiger partial charge in [-0.15, -0.1) is 0 Å². The van der Waals surface area contributed by atoms with Gasteiger partial charge >= 0.3 is 0 Å². The Balaban J connectivity index is 2.39. The third-order valence-corrected chi connectivity index (χ3v) is 5.11. The molecule has 0 amide bonds. The Morgan fingerprint density at radius 2 is 1.38 bits per heavy atom. The molecule has 4 nitrogen and oxygen atoms in total. The molecular formula is C16H19NO3S. The first-order valence-electron chi connectivity index (χ1n) is 6.76. The number of benzene rings is 2. The van der Waals surface area contributed by atoms with Crippen molar-refractivity contribution >= 4 is 10.0 Å². The van der Waals surface area contributed by atoms with Crippen LogP contribution in [0.1, 0.15) is 24.1 Å². The van der Waals surface area contributed by atoms with Crippen LogP contribution >= 0.6 is 0 Å². The minimum Gasteiger partial charge on any atom is -0.395 e. The largest absolute Gasteiger partial charge is 0.395 e. The van der Waals surface area contributed by atoms with Crippen LogP contribution in [0, 0.1) is 0 Å². The van der Waals surface area contributed by atoms with Crippen LogP contribution in [0.25, 0.3) is 0 Å². The van der Waals surface area contributed by atoms with Crippen LogP contribution in [-0.2, 0) is 10.0 Å². The predicted molar refractivity (Wildman–Crippen MR) is 83.3 cm³/mol. The number of aliphatic hydroxyl groups is 1. The van der Waals surface area contributed by atoms with Crippen molar-refractivity contribution in [3.8, 4) is 0 Å². The first kappa shape index (κ1) is 15.7. The third kappa shape index (κ3) is 3.91. The average molecular weight is 305 g/mol. The lowest BCUT2D eigenvalue weighted by Crippen LogP contribution is -2.37. The molecule has 1 atom stereocenters. The summed E-state index contributed by atoms with van der Waals surface area (Å²) in [7, 11) is -3.61. The second kappa shape index (κ2) is 6.85. The van der Waals surface area contributed by atoms with Gasteiger partial charge in [-0.25, -0.2) is 13.1 Å². The number of sulfonamides is 1. The maximum atomic E-state index is 12.2. The van der Waals surface area contributed by atoms with Crippen LogP contribution in [0.3, 0.4) is 0 Å². The van der Waals surface area contributed by atoms with E-state index >= 15 is 0 Å². The van der Waals surface area contributed by atoms with Crippen molar-refractivity contribution in [2.75, 3.05) is 6.61 Å². The summed E-state index contributed by atoms with van der Waals surface area (Å²) in [4.78, 5) is 0. The molecule has 0 aliphatic carbocycles. The van der Waals surface area contributed by atoms with Crippen LogP contribution in [0.2, 0.25) is 0 Å². The normalized spacial score (nSPS) is 13.3. The highest BCUT2D eigenvalue weighted by Gasteiger charge is 2.25. The highest BCUT2D eigenvalue weighted by atomic mass is 32.2. The van der Waals surface area contributed by atoms with Gasteiger partial charge in [0, 0.05) is 0 Å². The lowest BCUT2D eigenvalue weighted by molar-refractivity contribution is 0.294. The summed E-state index contributed by atoms with van der Waals surface area (Å²) in [6.45, 7) is 1.07. The fraction of sp³-hybridized carbons (Fsp3) is 0.250. The predicted octanol–water partition coefficient (Wildman–Crippen LogP) is 2.08. The summed E-state index contributed by atoms with van der Waals surface area (Å²) >= 11 is 0. The number of hydrogen-bond acceptors (Lipinski definition) is 3. The molecule has 0 aliphatic heterocycles. The van der Waals surface area contributed by atoms with E-state index in [1.165, 1.54) is 6.92 Å². The first-order valence-corrected chi connectivity index (χ1v) is 8.31. The van der Waals surface area contributed by atoms with E-state index in [2.05, 4.69) is 4.72 Å². The van der Waals surface area contributed by atoms with E-state index in [1.807, 2.05) is 60.7 Å². The Bertz CT molecular complexity index is 617. The summed E-state index contributed by atoms with van der Waals surface area (Å²) in [6, 6.07) is 18.3. The Kier molecular flexibility index (Phi) is 5.12. The van der Waals surface area contributed by atoms with Gasteiger partial charge in [-0.05, 0) is 18.1 Å². The van der Waals surface area contributed by atoms with Crippen LogP contribution in [0.4, 0.5) is 0 Å². The van der Waals surface area contributed by atoms with Crippen molar-refractivity contribution in [3.63, 3.8) is 0 Å². The lowest BCUT2D eigenvalue weighted by atomic mass is 10.00. The summed E-state index contributed by atoms with van der Waals surface area (Å²) in [6.07, 6.45) is 0. The van der Waals surface area contributed by atoms with Crippen molar-refractivity contribution < 1.29 is 13.5 Å². The number of nitrogens with one attached hydrogen (secondary N) is 1. The summed E-state index contributed by atoms with van der Waals surface area (Å²) in [5.74, 6) is 0. The van der Waals surface area contributed by atoms with Crippen LogP contribution in [0.15, 0.2) is 60.7 Å². The number of rotatable bonds is 6. The fourth-order valence-corrected chi connectivity index (χ4v) is 3.03. The molecule has 2 rings (SSSR count). The number of aliphatic hydroxyl groups excluding tert-OH is 1. The van der Waals surface area contributed by atoms with Gasteiger partial charge in [-0.1, -0.05) is 60.7 Å². The molecule has 2 aromatic carbocycles. The molecular weight excluding hydrogens is 286 g/mol. The van der Waals surface area contributed by atoms with Crippen molar-refractivity contribution in [2.45, 2.75) is 18.2 Å². The Hall–Kier alpha value is -1.69. The van der Waals surface area contributed by atoms with Gasteiger partial charge in [0.1, 0.15) is 0 Å². The maximum absolute atomic E-state index is 12.2. The van der Waals surface area contributed by atoms with Gasteiger partial charge in [0.25, 0.3) is 0 Å². The standard InChI is InChI=1S/C16H19NO3S/c1-13(12-18)21(19,20)17-16(14-8-4-2-5-9-14)15-10-6-3-7-11-15/h2-11,13,16-18H,12H2,1H3. The summed E-state index contributed by atoms with van der Waals surface area (Å²) in [5, 5.41) is 8.25. The lowest BCUT2D eigenvalue weighted by Gasteiger charge is -2.21. The minimum atomic E-state index is -3.61. The molecule has 0 spiro atoms. The molecule has 0 fully saturated rings. The molecule has 0 saturated heterocycles. The van der Waals surface area contributed by atoms with E-state index in [1.54, 1.807) is 0 Å². The molecule has 0 saturated carbocycles. The average Bonchev–Trinajstić information content (AvgIpc) is 2.53. The topological polar surface area (TPSA) is 66.4 Å². The van der Waals surface area contributed by atoms with Gasteiger partial charge in [0.05, 0.1) is 17.9 Å². The molecule has 0 radical (unpaired) electrons. The van der Waals surface area contributed by atoms with Gasteiger partial charge < -0.3 is 5.11 Å². The zero-order valence-corrected chi connectivity index (χ0v) is 12.6. The molecule has 0 aromatic heterocycles. The molecule has 2 N–H and O–H groups in total. The molecule has 21 heavy (non-hydrogen) atoms. The number of hydrogen-bond donors (Lipinski definition) is 2. The zero-order valence-electron chi connectivity index (χ0n) is 11.8. The van der Waals surface area contributed by atoms with Crippen molar-refractivity contribution in [1.29, 1.82) is 0 Å². The van der Waals surface area contributed by atoms with Gasteiger partial charge in [0.15, 0.2) is 0 Å². The van der Waals surface area contributed by atoms with E-state index in [0.717, 1.165) is 11.1 Å². The highest BCUT2D eigenvalue weighted by molar-refractivity contribution is 7.90. The molecule has 0 bridgehead atoms. The maximum Gasteiger partial charge on any atom is 0.217 e. The van der Waals surface area contributed by atoms with Crippen molar-refractivity contribution in [1.82, 2.24) is 4.72 Å². The Morgan fingerprint density at radius 3 is 1.76 bits per heavy atom. The van der Waals surface area contributed by atoms with E-state index in [9.17, 15) is 8.42 Å². The van der Waals surface area contributed by atoms with Crippen LogP contribution < -0.4 is 4.72 Å². The van der Waals surface area contributed by atoms with Gasteiger partial charge in [0.2, 0.25) is 10.0 Å². The molecule has 2 aromatic rings. The second-order valence-corrected chi connectivity index (χ2v) is 7.04. The molecule has 0 heterocycles. The van der Waals surface area contributed by atoms with Gasteiger partial charge in [-0.3, -0.25) is 0 Å². The smallest absolute Gasteiger partial charge is 0.217 e. The van der Waals surface area contributed by atoms with Gasteiger partial charge in [-0.2, -0.15) is 0 Å². The van der Waals surface area contributed by atoms with E-state index in [0.29, 0.717) is 0 Å².